The first-order chi connectivity index (χ1) is 7.60. The van der Waals surface area contributed by atoms with Crippen LogP contribution in [0.25, 0.3) is 0 Å². The van der Waals surface area contributed by atoms with E-state index in [0.29, 0.717) is 11.1 Å². The Labute approximate surface area is 103 Å². The maximum Gasteiger partial charge on any atom is 0.255 e. The lowest BCUT2D eigenvalue weighted by atomic mass is 10.1. The van der Waals surface area contributed by atoms with E-state index in [1.165, 1.54) is 7.11 Å². The normalized spacial score (nSPS) is 11.9. The van der Waals surface area contributed by atoms with Crippen LogP contribution < -0.4 is 10.1 Å². The molecule has 0 aromatic heterocycles. The molecule has 2 N–H and O–H groups in total. The van der Waals surface area contributed by atoms with Crippen LogP contribution >= 0.6 is 15.9 Å². The van der Waals surface area contributed by atoms with E-state index in [1.54, 1.807) is 18.2 Å². The van der Waals surface area contributed by atoms with Gasteiger partial charge in [-0.25, -0.2) is 0 Å². The van der Waals surface area contributed by atoms with Gasteiger partial charge in [-0.05, 0) is 19.1 Å². The molecule has 1 rings (SSSR count). The average molecular weight is 288 g/mol. The van der Waals surface area contributed by atoms with Gasteiger partial charge in [-0.3, -0.25) is 4.79 Å². The highest BCUT2D eigenvalue weighted by Gasteiger charge is 2.15. The number of benzene rings is 1. The number of alkyl halides is 1. The number of methoxy groups -OCH3 is 1. The highest BCUT2D eigenvalue weighted by atomic mass is 79.9. The number of nitrogens with one attached hydrogen (secondary N) is 1. The summed E-state index contributed by atoms with van der Waals surface area (Å²) in [5.74, 6) is -0.160. The lowest BCUT2D eigenvalue weighted by Crippen LogP contribution is -2.33. The topological polar surface area (TPSA) is 58.6 Å². The molecule has 1 aromatic rings. The monoisotopic (exact) mass is 287 g/mol. The van der Waals surface area contributed by atoms with Crippen molar-refractivity contribution in [2.45, 2.75) is 13.0 Å². The molecule has 1 amide bonds. The van der Waals surface area contributed by atoms with Gasteiger partial charge >= 0.3 is 0 Å². The second kappa shape index (κ2) is 5.75. The smallest absolute Gasteiger partial charge is 0.255 e. The Hall–Kier alpha value is -1.23. The minimum atomic E-state index is -0.316. The largest absolute Gasteiger partial charge is 0.504 e. The van der Waals surface area contributed by atoms with Crippen LogP contribution in [-0.2, 0) is 0 Å². The summed E-state index contributed by atoms with van der Waals surface area (Å²) in [6.07, 6.45) is 0. The molecule has 16 heavy (non-hydrogen) atoms. The third-order valence-corrected chi connectivity index (χ3v) is 3.04. The zero-order valence-electron chi connectivity index (χ0n) is 9.16. The average Bonchev–Trinajstić information content (AvgIpc) is 2.29. The van der Waals surface area contributed by atoms with Crippen LogP contribution in [-0.4, -0.2) is 29.5 Å². The molecule has 0 spiro atoms. The SMILES string of the molecule is COc1cccc(C(=O)NC(C)CBr)c1O. The van der Waals surface area contributed by atoms with Crippen molar-refractivity contribution in [3.63, 3.8) is 0 Å². The first-order valence-electron chi connectivity index (χ1n) is 4.83. The highest BCUT2D eigenvalue weighted by Crippen LogP contribution is 2.29. The molecule has 1 aromatic carbocycles. The Morgan fingerprint density at radius 2 is 2.31 bits per heavy atom. The number of phenols is 1. The minimum absolute atomic E-state index is 0.00176. The number of carbonyl (C=O) groups excluding carboxylic acids is 1. The zero-order valence-corrected chi connectivity index (χ0v) is 10.7. The predicted molar refractivity (Wildman–Crippen MR) is 65.4 cm³/mol. The maximum atomic E-state index is 11.8. The van der Waals surface area contributed by atoms with Crippen molar-refractivity contribution in [2.75, 3.05) is 12.4 Å². The Bertz CT molecular complexity index is 381. The van der Waals surface area contributed by atoms with Gasteiger partial charge in [-0.2, -0.15) is 0 Å². The van der Waals surface area contributed by atoms with Gasteiger partial charge in [0.05, 0.1) is 12.7 Å². The summed E-state index contributed by atoms with van der Waals surface area (Å²) in [6, 6.07) is 4.80. The number of phenolic OH excluding ortho intramolecular Hbond substituents is 1. The van der Waals surface area contributed by atoms with Crippen LogP contribution in [0.5, 0.6) is 11.5 Å². The number of amides is 1. The molecule has 0 radical (unpaired) electrons. The van der Waals surface area contributed by atoms with E-state index in [0.717, 1.165) is 0 Å². The Morgan fingerprint density at radius 1 is 1.62 bits per heavy atom. The van der Waals surface area contributed by atoms with Crippen molar-refractivity contribution in [3.05, 3.63) is 23.8 Å². The van der Waals surface area contributed by atoms with E-state index in [9.17, 15) is 9.90 Å². The standard InChI is InChI=1S/C11H14BrNO3/c1-7(6-12)13-11(15)8-4-3-5-9(16-2)10(8)14/h3-5,7,14H,6H2,1-2H3,(H,13,15). The quantitative estimate of drug-likeness (QED) is 0.832. The van der Waals surface area contributed by atoms with Crippen LogP contribution in [0.3, 0.4) is 0 Å². The molecule has 1 unspecified atom stereocenters. The van der Waals surface area contributed by atoms with Gasteiger partial charge in [0.25, 0.3) is 5.91 Å². The van der Waals surface area contributed by atoms with E-state index in [2.05, 4.69) is 21.2 Å². The van der Waals surface area contributed by atoms with Gasteiger partial charge in [0.2, 0.25) is 0 Å². The van der Waals surface area contributed by atoms with Crippen molar-refractivity contribution < 1.29 is 14.6 Å². The lowest BCUT2D eigenvalue weighted by molar-refractivity contribution is 0.0940. The molecule has 4 nitrogen and oxygen atoms in total. The summed E-state index contributed by atoms with van der Waals surface area (Å²) in [5, 5.41) is 13.1. The van der Waals surface area contributed by atoms with Crippen molar-refractivity contribution in [3.8, 4) is 11.5 Å². The molecule has 0 aliphatic rings. The summed E-state index contributed by atoms with van der Waals surface area (Å²) in [5.41, 5.74) is 0.215. The van der Waals surface area contributed by atoms with E-state index < -0.39 is 0 Å². The number of aromatic hydroxyl groups is 1. The van der Waals surface area contributed by atoms with Gasteiger partial charge in [-0.15, -0.1) is 0 Å². The summed E-state index contributed by atoms with van der Waals surface area (Å²) >= 11 is 3.26. The van der Waals surface area contributed by atoms with Crippen molar-refractivity contribution in [1.82, 2.24) is 5.32 Å². The van der Waals surface area contributed by atoms with E-state index in [4.69, 9.17) is 4.74 Å². The van der Waals surface area contributed by atoms with E-state index in [1.807, 2.05) is 6.92 Å². The number of halogens is 1. The third-order valence-electron chi connectivity index (χ3n) is 2.07. The van der Waals surface area contributed by atoms with Crippen LogP contribution in [0.1, 0.15) is 17.3 Å². The molecule has 0 fully saturated rings. The number of hydrogen-bond acceptors (Lipinski definition) is 3. The number of carbonyl (C=O) groups is 1. The first kappa shape index (κ1) is 12.8. The molecular formula is C11H14BrNO3. The van der Waals surface area contributed by atoms with Crippen LogP contribution in [0, 0.1) is 0 Å². The molecule has 0 aliphatic carbocycles. The Morgan fingerprint density at radius 3 is 2.88 bits per heavy atom. The van der Waals surface area contributed by atoms with Gasteiger partial charge in [0, 0.05) is 11.4 Å². The predicted octanol–water partition coefficient (Wildman–Crippen LogP) is 1.91. The number of rotatable bonds is 4. The molecule has 88 valence electrons. The molecular weight excluding hydrogens is 274 g/mol. The van der Waals surface area contributed by atoms with Gasteiger partial charge < -0.3 is 15.2 Å². The van der Waals surface area contributed by atoms with E-state index >= 15 is 0 Å². The fraction of sp³-hybridized carbons (Fsp3) is 0.364. The maximum absolute atomic E-state index is 11.8. The zero-order chi connectivity index (χ0) is 12.1. The molecule has 5 heteroatoms. The van der Waals surface area contributed by atoms with Crippen LogP contribution in [0.15, 0.2) is 18.2 Å². The summed E-state index contributed by atoms with van der Waals surface area (Å²) in [4.78, 5) is 11.8. The van der Waals surface area contributed by atoms with Crippen molar-refractivity contribution >= 4 is 21.8 Å². The highest BCUT2D eigenvalue weighted by molar-refractivity contribution is 9.09. The fourth-order valence-electron chi connectivity index (χ4n) is 1.21. The van der Waals surface area contributed by atoms with Gasteiger partial charge in [0.1, 0.15) is 0 Å². The molecule has 0 saturated heterocycles. The second-order valence-electron chi connectivity index (χ2n) is 3.39. The molecule has 0 saturated carbocycles. The fourth-order valence-corrected chi connectivity index (χ4v) is 1.37. The Balaban J connectivity index is 2.91. The second-order valence-corrected chi connectivity index (χ2v) is 4.03. The van der Waals surface area contributed by atoms with Gasteiger partial charge in [0.15, 0.2) is 11.5 Å². The summed E-state index contributed by atoms with van der Waals surface area (Å²) in [7, 11) is 1.44. The lowest BCUT2D eigenvalue weighted by Gasteiger charge is -2.12. The third kappa shape index (κ3) is 2.88. The van der Waals surface area contributed by atoms with Crippen LogP contribution in [0.2, 0.25) is 0 Å². The van der Waals surface area contributed by atoms with Gasteiger partial charge in [-0.1, -0.05) is 22.0 Å². The van der Waals surface area contributed by atoms with Crippen molar-refractivity contribution in [1.29, 1.82) is 0 Å². The number of ether oxygens (including phenoxy) is 1. The molecule has 0 aliphatic heterocycles. The van der Waals surface area contributed by atoms with Crippen molar-refractivity contribution in [2.24, 2.45) is 0 Å². The number of hydrogen-bond donors (Lipinski definition) is 2. The number of para-hydroxylation sites is 1. The summed E-state index contributed by atoms with van der Waals surface area (Å²) in [6.45, 7) is 1.86. The molecule has 0 heterocycles. The first-order valence-corrected chi connectivity index (χ1v) is 5.95. The minimum Gasteiger partial charge on any atom is -0.504 e. The molecule has 0 bridgehead atoms. The van der Waals surface area contributed by atoms with Crippen LogP contribution in [0.4, 0.5) is 0 Å². The van der Waals surface area contributed by atoms with E-state index in [-0.39, 0.29) is 23.3 Å². The summed E-state index contributed by atoms with van der Waals surface area (Å²) < 4.78 is 4.93. The Kier molecular flexibility index (Phi) is 4.61. The molecule has 1 atom stereocenters.